The first-order chi connectivity index (χ1) is 5.65. The highest BCUT2D eigenvalue weighted by Crippen LogP contribution is 2.35. The Hall–Kier alpha value is -1.86. The third-order valence-corrected chi connectivity index (χ3v) is 1.36. The SMILES string of the molecule is C=C=Cc1cc(O)c(O)c(O)c1. The van der Waals surface area contributed by atoms with Crippen LogP contribution >= 0.6 is 0 Å². The minimum atomic E-state index is -0.517. The van der Waals surface area contributed by atoms with Crippen LogP contribution in [0, 0.1) is 0 Å². The highest BCUT2D eigenvalue weighted by Gasteiger charge is 2.05. The highest BCUT2D eigenvalue weighted by atomic mass is 16.3. The van der Waals surface area contributed by atoms with Gasteiger partial charge in [-0.05, 0) is 23.8 Å². The fourth-order valence-electron chi connectivity index (χ4n) is 0.827. The average Bonchev–Trinajstić information content (AvgIpc) is 2.01. The van der Waals surface area contributed by atoms with Crippen LogP contribution in [0.1, 0.15) is 5.56 Å². The first kappa shape index (κ1) is 8.24. The lowest BCUT2D eigenvalue weighted by Gasteiger charge is -2.00. The van der Waals surface area contributed by atoms with E-state index in [1.807, 2.05) is 0 Å². The first-order valence-corrected chi connectivity index (χ1v) is 3.26. The molecule has 0 atom stereocenters. The zero-order chi connectivity index (χ0) is 9.14. The number of rotatable bonds is 1. The molecule has 0 aromatic heterocycles. The Morgan fingerprint density at radius 3 is 2.08 bits per heavy atom. The Kier molecular flexibility index (Phi) is 2.08. The monoisotopic (exact) mass is 164 g/mol. The second-order valence-electron chi connectivity index (χ2n) is 2.26. The predicted molar refractivity (Wildman–Crippen MR) is 45.0 cm³/mol. The van der Waals surface area contributed by atoms with Gasteiger partial charge < -0.3 is 15.3 Å². The minimum Gasteiger partial charge on any atom is -0.504 e. The molecule has 0 amide bonds. The molecule has 1 rings (SSSR count). The maximum absolute atomic E-state index is 9.03. The lowest BCUT2D eigenvalue weighted by molar-refractivity contribution is 0.368. The molecule has 0 heterocycles. The molecule has 0 unspecified atom stereocenters. The van der Waals surface area contributed by atoms with Gasteiger partial charge in [0.1, 0.15) is 0 Å². The third-order valence-electron chi connectivity index (χ3n) is 1.36. The van der Waals surface area contributed by atoms with Crippen LogP contribution in [-0.2, 0) is 0 Å². The van der Waals surface area contributed by atoms with Crippen molar-refractivity contribution in [3.8, 4) is 17.2 Å². The van der Waals surface area contributed by atoms with Crippen LogP contribution in [0.25, 0.3) is 6.08 Å². The number of aromatic hydroxyl groups is 3. The summed E-state index contributed by atoms with van der Waals surface area (Å²) in [6.45, 7) is 3.33. The van der Waals surface area contributed by atoms with Crippen molar-refractivity contribution in [1.29, 1.82) is 0 Å². The summed E-state index contributed by atoms with van der Waals surface area (Å²) >= 11 is 0. The van der Waals surface area contributed by atoms with Crippen LogP contribution in [0.5, 0.6) is 17.2 Å². The van der Waals surface area contributed by atoms with Gasteiger partial charge in [0.05, 0.1) is 0 Å². The molecule has 1 aromatic rings. The third kappa shape index (κ3) is 1.41. The van der Waals surface area contributed by atoms with Gasteiger partial charge in [0.25, 0.3) is 0 Å². The lowest BCUT2D eigenvalue weighted by atomic mass is 10.2. The quantitative estimate of drug-likeness (QED) is 0.436. The van der Waals surface area contributed by atoms with E-state index in [2.05, 4.69) is 12.3 Å². The van der Waals surface area contributed by atoms with E-state index in [0.29, 0.717) is 5.56 Å². The first-order valence-electron chi connectivity index (χ1n) is 3.26. The Labute approximate surface area is 69.5 Å². The molecule has 0 aliphatic rings. The van der Waals surface area contributed by atoms with Crippen molar-refractivity contribution in [3.63, 3.8) is 0 Å². The van der Waals surface area contributed by atoms with Crippen molar-refractivity contribution in [3.05, 3.63) is 30.0 Å². The summed E-state index contributed by atoms with van der Waals surface area (Å²) in [5, 5.41) is 27.0. The molecule has 0 radical (unpaired) electrons. The molecule has 12 heavy (non-hydrogen) atoms. The minimum absolute atomic E-state index is 0.364. The van der Waals surface area contributed by atoms with Crippen molar-refractivity contribution < 1.29 is 15.3 Å². The molecular weight excluding hydrogens is 156 g/mol. The van der Waals surface area contributed by atoms with Gasteiger partial charge in [0.15, 0.2) is 17.2 Å². The molecule has 0 fully saturated rings. The summed E-state index contributed by atoms with van der Waals surface area (Å²) in [6.07, 6.45) is 1.47. The van der Waals surface area contributed by atoms with Crippen molar-refractivity contribution in [2.45, 2.75) is 0 Å². The molecule has 1 aromatic carbocycles. The molecule has 3 N–H and O–H groups in total. The van der Waals surface area contributed by atoms with Crippen molar-refractivity contribution >= 4 is 6.08 Å². The van der Waals surface area contributed by atoms with Gasteiger partial charge in [-0.1, -0.05) is 6.58 Å². The second-order valence-corrected chi connectivity index (χ2v) is 2.26. The van der Waals surface area contributed by atoms with E-state index in [0.717, 1.165) is 0 Å². The van der Waals surface area contributed by atoms with Crippen LogP contribution < -0.4 is 0 Å². The highest BCUT2D eigenvalue weighted by molar-refractivity contribution is 5.60. The zero-order valence-electron chi connectivity index (χ0n) is 6.28. The van der Waals surface area contributed by atoms with Gasteiger partial charge in [-0.25, -0.2) is 0 Å². The summed E-state index contributed by atoms with van der Waals surface area (Å²) in [5.74, 6) is -1.25. The van der Waals surface area contributed by atoms with Gasteiger partial charge in [-0.3, -0.25) is 0 Å². The topological polar surface area (TPSA) is 60.7 Å². The van der Waals surface area contributed by atoms with Gasteiger partial charge in [-0.15, -0.1) is 5.73 Å². The van der Waals surface area contributed by atoms with E-state index in [1.54, 1.807) is 0 Å². The maximum atomic E-state index is 9.03. The Balaban J connectivity index is 3.30. The van der Waals surface area contributed by atoms with Crippen LogP contribution in [-0.4, -0.2) is 15.3 Å². The standard InChI is InChI=1S/C9H8O3/c1-2-3-6-4-7(10)9(12)8(11)5-6/h3-5,10-12H,1H2. The molecular formula is C9H8O3. The smallest absolute Gasteiger partial charge is 0.200 e. The number of hydrogen-bond donors (Lipinski definition) is 3. The summed E-state index contributed by atoms with van der Waals surface area (Å²) in [6, 6.07) is 2.60. The lowest BCUT2D eigenvalue weighted by Crippen LogP contribution is -1.74. The number of hydrogen-bond acceptors (Lipinski definition) is 3. The van der Waals surface area contributed by atoms with Crippen LogP contribution in [0.15, 0.2) is 24.4 Å². The van der Waals surface area contributed by atoms with Gasteiger partial charge in [0.2, 0.25) is 0 Å². The molecule has 0 saturated carbocycles. The molecule has 0 bridgehead atoms. The number of benzene rings is 1. The van der Waals surface area contributed by atoms with E-state index in [1.165, 1.54) is 18.2 Å². The van der Waals surface area contributed by atoms with Gasteiger partial charge in [0, 0.05) is 0 Å². The van der Waals surface area contributed by atoms with Crippen molar-refractivity contribution in [1.82, 2.24) is 0 Å². The maximum Gasteiger partial charge on any atom is 0.200 e. The van der Waals surface area contributed by atoms with Gasteiger partial charge >= 0.3 is 0 Å². The van der Waals surface area contributed by atoms with E-state index in [4.69, 9.17) is 15.3 Å². The number of phenolic OH excluding ortho intramolecular Hbond substituents is 3. The van der Waals surface area contributed by atoms with Gasteiger partial charge in [-0.2, -0.15) is 0 Å². The molecule has 3 nitrogen and oxygen atoms in total. The Morgan fingerprint density at radius 1 is 1.17 bits per heavy atom. The van der Waals surface area contributed by atoms with E-state index in [-0.39, 0.29) is 11.5 Å². The summed E-state index contributed by atoms with van der Waals surface area (Å²) in [7, 11) is 0. The largest absolute Gasteiger partial charge is 0.504 e. The number of phenols is 3. The fourth-order valence-corrected chi connectivity index (χ4v) is 0.827. The fraction of sp³-hybridized carbons (Fsp3) is 0. The molecule has 0 aliphatic heterocycles. The second kappa shape index (κ2) is 3.03. The average molecular weight is 164 g/mol. The van der Waals surface area contributed by atoms with E-state index >= 15 is 0 Å². The summed E-state index contributed by atoms with van der Waals surface area (Å²) in [4.78, 5) is 0. The molecule has 0 aliphatic carbocycles. The van der Waals surface area contributed by atoms with E-state index < -0.39 is 5.75 Å². The predicted octanol–water partition coefficient (Wildman–Crippen LogP) is 1.60. The summed E-state index contributed by atoms with van der Waals surface area (Å²) < 4.78 is 0. The van der Waals surface area contributed by atoms with Crippen molar-refractivity contribution in [2.24, 2.45) is 0 Å². The zero-order valence-corrected chi connectivity index (χ0v) is 6.28. The van der Waals surface area contributed by atoms with Crippen LogP contribution in [0.2, 0.25) is 0 Å². The van der Waals surface area contributed by atoms with Crippen LogP contribution in [0.4, 0.5) is 0 Å². The Morgan fingerprint density at radius 2 is 1.67 bits per heavy atom. The van der Waals surface area contributed by atoms with E-state index in [9.17, 15) is 0 Å². The molecule has 0 spiro atoms. The normalized spacial score (nSPS) is 9.00. The van der Waals surface area contributed by atoms with Crippen LogP contribution in [0.3, 0.4) is 0 Å². The molecule has 3 heteroatoms. The Bertz CT molecular complexity index is 326. The molecule has 62 valence electrons. The summed E-state index contributed by atoms with van der Waals surface area (Å²) in [5.41, 5.74) is 3.00. The van der Waals surface area contributed by atoms with Crippen molar-refractivity contribution in [2.75, 3.05) is 0 Å². The molecule has 0 saturated heterocycles.